The molecule has 0 radical (unpaired) electrons. The number of para-hydroxylation sites is 1. The van der Waals surface area contributed by atoms with E-state index in [1.54, 1.807) is 4.90 Å². The molecule has 0 saturated carbocycles. The average molecular weight is 518 g/mol. The van der Waals surface area contributed by atoms with Crippen LogP contribution in [-0.4, -0.2) is 102 Å². The van der Waals surface area contributed by atoms with E-state index >= 15 is 0 Å². The van der Waals surface area contributed by atoms with Gasteiger partial charge < -0.3 is 24.5 Å². The molecule has 0 aromatic heterocycles. The molecule has 8 heteroatoms. The van der Waals surface area contributed by atoms with Crippen molar-refractivity contribution in [3.8, 4) is 0 Å². The van der Waals surface area contributed by atoms with Crippen LogP contribution in [0.3, 0.4) is 0 Å². The van der Waals surface area contributed by atoms with Crippen molar-refractivity contribution >= 4 is 23.4 Å². The predicted octanol–water partition coefficient (Wildman–Crippen LogP) is 2.83. The Morgan fingerprint density at radius 3 is 2.21 bits per heavy atom. The van der Waals surface area contributed by atoms with Crippen molar-refractivity contribution in [2.45, 2.75) is 44.2 Å². The van der Waals surface area contributed by atoms with Crippen molar-refractivity contribution in [3.63, 3.8) is 0 Å². The van der Waals surface area contributed by atoms with Crippen LogP contribution in [0, 0.1) is 6.92 Å². The summed E-state index contributed by atoms with van der Waals surface area (Å²) in [6, 6.07) is 17.8. The number of nitrogens with zero attached hydrogens (tertiary/aromatic N) is 5. The van der Waals surface area contributed by atoms with Crippen LogP contribution >= 0.6 is 0 Å². The van der Waals surface area contributed by atoms with Gasteiger partial charge in [0.25, 0.3) is 11.8 Å². The van der Waals surface area contributed by atoms with Crippen molar-refractivity contribution in [2.75, 3.05) is 58.4 Å². The van der Waals surface area contributed by atoms with Crippen molar-refractivity contribution in [3.05, 3.63) is 65.7 Å². The molecule has 0 unspecified atom stereocenters. The van der Waals surface area contributed by atoms with Crippen molar-refractivity contribution in [1.29, 1.82) is 0 Å². The minimum atomic E-state index is -0.752. The number of rotatable bonds is 5. The average Bonchev–Trinajstić information content (AvgIpc) is 3.20. The van der Waals surface area contributed by atoms with Gasteiger partial charge in [-0.05, 0) is 77.0 Å². The molecule has 0 aliphatic carbocycles. The molecule has 3 aliphatic rings. The van der Waals surface area contributed by atoms with Gasteiger partial charge in [0, 0.05) is 37.4 Å². The first-order chi connectivity index (χ1) is 18.3. The van der Waals surface area contributed by atoms with E-state index in [1.807, 2.05) is 78.4 Å². The molecule has 0 N–H and O–H groups in total. The third-order valence-corrected chi connectivity index (χ3v) is 8.71. The molecule has 0 bridgehead atoms. The Kier molecular flexibility index (Phi) is 7.43. The minimum absolute atomic E-state index is 0.00309. The van der Waals surface area contributed by atoms with Crippen molar-refractivity contribution in [2.24, 2.45) is 0 Å². The van der Waals surface area contributed by atoms with Gasteiger partial charge in [-0.1, -0.05) is 35.9 Å². The Hall–Kier alpha value is -3.39. The first-order valence-corrected chi connectivity index (χ1v) is 13.7. The Bertz CT molecular complexity index is 1150. The van der Waals surface area contributed by atoms with E-state index in [0.29, 0.717) is 38.2 Å². The standard InChI is InChI=1S/C30H39N5O3/c1-23-9-11-24(12-10-23)28(37)33-19-15-30(16-20-33)29(38)34(22-35(30)26-7-5-4-6-8-26)21-27(36)32(3)25-13-17-31(2)18-14-25/h4-12,25H,13-22H2,1-3H3. The van der Waals surface area contributed by atoms with E-state index in [1.165, 1.54) is 0 Å². The lowest BCUT2D eigenvalue weighted by Gasteiger charge is -2.43. The number of amides is 3. The zero-order valence-electron chi connectivity index (χ0n) is 22.8. The molecule has 2 aromatic carbocycles. The summed E-state index contributed by atoms with van der Waals surface area (Å²) < 4.78 is 0. The van der Waals surface area contributed by atoms with E-state index < -0.39 is 5.54 Å². The fourth-order valence-electron chi connectivity index (χ4n) is 6.14. The number of piperidine rings is 2. The highest BCUT2D eigenvalue weighted by atomic mass is 16.2. The SMILES string of the molecule is Cc1ccc(C(=O)N2CCC3(CC2)C(=O)N(CC(=O)N(C)C2CCN(C)CC2)CN3c2ccccc2)cc1. The smallest absolute Gasteiger partial charge is 0.253 e. The second-order valence-electron chi connectivity index (χ2n) is 11.1. The maximum atomic E-state index is 14.0. The van der Waals surface area contributed by atoms with Gasteiger partial charge in [-0.25, -0.2) is 0 Å². The van der Waals surface area contributed by atoms with Crippen LogP contribution in [0.4, 0.5) is 5.69 Å². The number of hydrogen-bond donors (Lipinski definition) is 0. The lowest BCUT2D eigenvalue weighted by molar-refractivity contribution is -0.141. The fraction of sp³-hybridized carbons (Fsp3) is 0.500. The number of carbonyl (C=O) groups is 3. The number of benzene rings is 2. The Morgan fingerprint density at radius 2 is 1.58 bits per heavy atom. The summed E-state index contributed by atoms with van der Waals surface area (Å²) >= 11 is 0. The van der Waals surface area contributed by atoms with Gasteiger partial charge in [0.1, 0.15) is 12.1 Å². The van der Waals surface area contributed by atoms with Crippen LogP contribution in [0.1, 0.15) is 41.6 Å². The summed E-state index contributed by atoms with van der Waals surface area (Å²) in [4.78, 5) is 50.4. The number of carbonyl (C=O) groups excluding carboxylic acids is 3. The minimum Gasteiger partial charge on any atom is -0.341 e. The number of anilines is 1. The summed E-state index contributed by atoms with van der Waals surface area (Å²) in [6.07, 6.45) is 2.98. The van der Waals surface area contributed by atoms with E-state index in [4.69, 9.17) is 0 Å². The van der Waals surface area contributed by atoms with Crippen molar-refractivity contribution in [1.82, 2.24) is 19.6 Å². The quantitative estimate of drug-likeness (QED) is 0.610. The molecule has 0 atom stereocenters. The van der Waals surface area contributed by atoms with Gasteiger partial charge in [0.05, 0.1) is 6.67 Å². The highest BCUT2D eigenvalue weighted by Gasteiger charge is 2.54. The molecule has 3 amide bonds. The first kappa shape index (κ1) is 26.2. The molecular formula is C30H39N5O3. The highest BCUT2D eigenvalue weighted by Crippen LogP contribution is 2.39. The summed E-state index contributed by atoms with van der Waals surface area (Å²) in [5.41, 5.74) is 2.01. The Balaban J connectivity index is 1.31. The molecule has 38 heavy (non-hydrogen) atoms. The zero-order valence-corrected chi connectivity index (χ0v) is 22.8. The first-order valence-electron chi connectivity index (χ1n) is 13.7. The van der Waals surface area contributed by atoms with Gasteiger partial charge in [0.2, 0.25) is 5.91 Å². The summed E-state index contributed by atoms with van der Waals surface area (Å²) in [5, 5.41) is 0. The second-order valence-corrected chi connectivity index (χ2v) is 11.1. The molecule has 2 aromatic rings. The number of likely N-dealkylation sites (N-methyl/N-ethyl adjacent to an activating group) is 1. The maximum absolute atomic E-state index is 14.0. The summed E-state index contributed by atoms with van der Waals surface area (Å²) in [6.45, 7) is 5.42. The zero-order chi connectivity index (χ0) is 26.9. The normalized spacial score (nSPS) is 20.3. The predicted molar refractivity (Wildman–Crippen MR) is 148 cm³/mol. The lowest BCUT2D eigenvalue weighted by atomic mass is 9.85. The maximum Gasteiger partial charge on any atom is 0.253 e. The fourth-order valence-corrected chi connectivity index (χ4v) is 6.14. The van der Waals surface area contributed by atoms with Crippen LogP contribution in [0.25, 0.3) is 0 Å². The van der Waals surface area contributed by atoms with E-state index in [9.17, 15) is 14.4 Å². The Labute approximate surface area is 225 Å². The monoisotopic (exact) mass is 517 g/mol. The molecule has 3 aliphatic heterocycles. The van der Waals surface area contributed by atoms with E-state index in [0.717, 1.165) is 37.2 Å². The van der Waals surface area contributed by atoms with Gasteiger partial charge in [-0.15, -0.1) is 0 Å². The van der Waals surface area contributed by atoms with Crippen molar-refractivity contribution < 1.29 is 14.4 Å². The topological polar surface area (TPSA) is 67.4 Å². The Morgan fingerprint density at radius 1 is 0.947 bits per heavy atom. The third-order valence-electron chi connectivity index (χ3n) is 8.71. The summed E-state index contributed by atoms with van der Waals surface area (Å²) in [5.74, 6) is -0.0118. The van der Waals surface area contributed by atoms with Gasteiger partial charge in [-0.3, -0.25) is 14.4 Å². The molecule has 3 fully saturated rings. The number of likely N-dealkylation sites (tertiary alicyclic amines) is 2. The molecular weight excluding hydrogens is 478 g/mol. The molecule has 3 heterocycles. The summed E-state index contributed by atoms with van der Waals surface area (Å²) in [7, 11) is 3.98. The third kappa shape index (κ3) is 5.01. The van der Waals surface area contributed by atoms with Gasteiger partial charge in [-0.2, -0.15) is 0 Å². The highest BCUT2D eigenvalue weighted by molar-refractivity contribution is 5.97. The molecule has 8 nitrogen and oxygen atoms in total. The molecule has 1 spiro atoms. The van der Waals surface area contributed by atoms with Crippen LogP contribution in [0.15, 0.2) is 54.6 Å². The van der Waals surface area contributed by atoms with Crippen LogP contribution < -0.4 is 4.90 Å². The number of hydrogen-bond acceptors (Lipinski definition) is 5. The van der Waals surface area contributed by atoms with Gasteiger partial charge >= 0.3 is 0 Å². The second kappa shape index (κ2) is 10.8. The van der Waals surface area contributed by atoms with Gasteiger partial charge in [0.15, 0.2) is 0 Å². The lowest BCUT2D eigenvalue weighted by Crippen LogP contribution is -2.57. The number of aryl methyl sites for hydroxylation is 1. The van der Waals surface area contributed by atoms with E-state index in [2.05, 4.69) is 16.8 Å². The molecule has 202 valence electrons. The largest absolute Gasteiger partial charge is 0.341 e. The van der Waals surface area contributed by atoms with Crippen LogP contribution in [0.5, 0.6) is 0 Å². The van der Waals surface area contributed by atoms with Crippen LogP contribution in [0.2, 0.25) is 0 Å². The van der Waals surface area contributed by atoms with Crippen LogP contribution in [-0.2, 0) is 9.59 Å². The molecule has 3 saturated heterocycles. The molecule has 5 rings (SSSR count). The van der Waals surface area contributed by atoms with E-state index in [-0.39, 0.29) is 30.3 Å².